The van der Waals surface area contributed by atoms with E-state index in [0.717, 1.165) is 50.2 Å². The van der Waals surface area contributed by atoms with Crippen molar-refractivity contribution in [3.05, 3.63) is 112 Å². The van der Waals surface area contributed by atoms with Crippen molar-refractivity contribution in [2.75, 3.05) is 67.4 Å². The van der Waals surface area contributed by atoms with Gasteiger partial charge in [0.05, 0.1) is 54.0 Å². The molecule has 19 nitrogen and oxygen atoms in total. The number of anilines is 3. The molecule has 3 fully saturated rings. The molecule has 3 atom stereocenters. The maximum atomic E-state index is 15.1. The molecule has 22 heteroatoms. The van der Waals surface area contributed by atoms with Crippen molar-refractivity contribution in [1.82, 2.24) is 35.8 Å². The number of nitrogens with zero attached hydrogens (tertiary/aromatic N) is 6. The van der Waals surface area contributed by atoms with Crippen LogP contribution in [0.5, 0.6) is 6.01 Å². The van der Waals surface area contributed by atoms with Gasteiger partial charge in [0.2, 0.25) is 23.6 Å². The molecule has 0 unspecified atom stereocenters. The average molecular weight is 1090 g/mol. The molecule has 6 N–H and O–H groups in total. The van der Waals surface area contributed by atoms with Gasteiger partial charge in [-0.1, -0.05) is 66.2 Å². The predicted octanol–water partition coefficient (Wildman–Crippen LogP) is 5.73. The summed E-state index contributed by atoms with van der Waals surface area (Å²) >= 11 is 2.62. The third-order valence-electron chi connectivity index (χ3n) is 13.4. The van der Waals surface area contributed by atoms with Crippen molar-refractivity contribution in [1.29, 1.82) is 0 Å². The van der Waals surface area contributed by atoms with Gasteiger partial charge in [-0.15, -0.1) is 23.1 Å². The molecule has 5 aromatic rings. The Balaban J connectivity index is 0.770. The van der Waals surface area contributed by atoms with Gasteiger partial charge in [-0.2, -0.15) is 15.1 Å². The highest BCUT2D eigenvalue weighted by Gasteiger charge is 2.54. The number of likely N-dealkylation sites (tertiary alicyclic amines) is 1. The summed E-state index contributed by atoms with van der Waals surface area (Å²) in [6.45, 7) is 10.4. The molecule has 2 saturated heterocycles. The van der Waals surface area contributed by atoms with Gasteiger partial charge in [0.25, 0.3) is 5.91 Å². The van der Waals surface area contributed by atoms with Crippen LogP contribution in [-0.2, 0) is 41.7 Å². The first-order valence-electron chi connectivity index (χ1n) is 25.8. The van der Waals surface area contributed by atoms with Crippen LogP contribution in [0.2, 0.25) is 0 Å². The molecule has 3 aromatic carbocycles. The van der Waals surface area contributed by atoms with Gasteiger partial charge in [0, 0.05) is 68.5 Å². The number of β-amino-alcohol motifs (C(OH)–C–C–N with tert-alkyl or cyclic N) is 1. The van der Waals surface area contributed by atoms with E-state index in [0.29, 0.717) is 63.1 Å². The lowest BCUT2D eigenvalue weighted by Gasteiger charge is -2.37. The van der Waals surface area contributed by atoms with E-state index in [9.17, 15) is 29.1 Å². The number of aliphatic hydroxyl groups excluding tert-OH is 1. The number of alkyl halides is 1. The summed E-state index contributed by atoms with van der Waals surface area (Å²) in [7, 11) is 0. The van der Waals surface area contributed by atoms with Crippen molar-refractivity contribution < 1.29 is 42.9 Å². The van der Waals surface area contributed by atoms with E-state index < -0.39 is 46.3 Å². The monoisotopic (exact) mass is 1090 g/mol. The summed E-state index contributed by atoms with van der Waals surface area (Å²) < 4.78 is 25.5. The normalized spacial score (nSPS) is 17.4. The van der Waals surface area contributed by atoms with E-state index in [1.165, 1.54) is 4.90 Å². The number of hydrogen-bond donors (Lipinski definition) is 6. The molecule has 0 bridgehead atoms. The molecule has 4 heterocycles. The number of aryl methyl sites for hydroxylation is 2. The van der Waals surface area contributed by atoms with Crippen LogP contribution in [0.1, 0.15) is 73.9 Å². The molecular formula is C55H66FN11O8S2. The predicted molar refractivity (Wildman–Crippen MR) is 296 cm³/mol. The van der Waals surface area contributed by atoms with Crippen LogP contribution < -0.4 is 36.3 Å². The first-order valence-corrected chi connectivity index (χ1v) is 27.6. The number of carbonyl (C=O) groups is 5. The number of carbonyl (C=O) groups excluding carboxylic acids is 5. The lowest BCUT2D eigenvalue weighted by Crippen LogP contribution is -2.61. The van der Waals surface area contributed by atoms with Gasteiger partial charge >= 0.3 is 6.01 Å². The number of amides is 5. The Labute approximate surface area is 455 Å². The number of rotatable bonds is 24. The minimum atomic E-state index is -2.10. The summed E-state index contributed by atoms with van der Waals surface area (Å²) in [6.07, 6.45) is 1.77. The fourth-order valence-electron chi connectivity index (χ4n) is 8.78. The largest absolute Gasteiger partial charge is 0.463 e. The van der Waals surface area contributed by atoms with Crippen LogP contribution in [0, 0.1) is 13.8 Å². The van der Waals surface area contributed by atoms with Gasteiger partial charge < -0.3 is 45.6 Å². The second-order valence-electron chi connectivity index (χ2n) is 19.9. The quantitative estimate of drug-likeness (QED) is 0.0246. The third-order valence-corrected chi connectivity index (χ3v) is 15.8. The fourth-order valence-corrected chi connectivity index (χ4v) is 10.5. The maximum Gasteiger partial charge on any atom is 0.320 e. The lowest BCUT2D eigenvalue weighted by molar-refractivity contribution is -0.143. The summed E-state index contributed by atoms with van der Waals surface area (Å²) in [6, 6.07) is 22.8. The Morgan fingerprint density at radius 3 is 2.45 bits per heavy atom. The average Bonchev–Trinajstić information content (AvgIpc) is 3.86. The minimum absolute atomic E-state index is 0.0188. The number of morpholine rings is 1. The van der Waals surface area contributed by atoms with Crippen LogP contribution in [0.25, 0.3) is 10.4 Å². The Kier molecular flexibility index (Phi) is 18.9. The van der Waals surface area contributed by atoms with E-state index >= 15 is 4.39 Å². The molecule has 77 heavy (non-hydrogen) atoms. The molecule has 0 radical (unpaired) electrons. The summed E-state index contributed by atoms with van der Waals surface area (Å²) in [4.78, 5) is 85.1. The minimum Gasteiger partial charge on any atom is -0.463 e. The zero-order chi connectivity index (χ0) is 54.5. The van der Waals surface area contributed by atoms with Gasteiger partial charge in [-0.05, 0) is 81.3 Å². The summed E-state index contributed by atoms with van der Waals surface area (Å²) in [5.74, 6) is -1.62. The number of nitrogens with one attached hydrogen (secondary N) is 5. The fraction of sp³-hybridized carbons (Fsp3) is 0.436. The highest BCUT2D eigenvalue weighted by molar-refractivity contribution is 8.01. The standard InChI is InChI=1S/C55H66FN11O8S2/c1-35-7-5-8-39(27-35)31-60-65-44-29-45(66-22-25-74-26-23-66)63-53(62-44)75-24-18-37-12-16-41(17-13-37)61-46(69)9-6-21-57-47(70)33-77-54(3,4)49(64-52(73)55(56)19-20-55)51(72)67-32-42(68)28-43(67)50(71)58-30-38-10-14-40(15-11-38)48-36(2)59-34-76-48/h5,7-8,10-17,27,29,31,34,42-43,49,68H,6,9,18-26,28,30,32-33H2,1-4H3,(H,57,70)(H,58,71)(H,61,69)(H,64,73)(H,62,63,65)/b60-31+/t42-,43+,49-/m1/s1. The van der Waals surface area contributed by atoms with Gasteiger partial charge in [-0.3, -0.25) is 29.4 Å². The zero-order valence-corrected chi connectivity index (χ0v) is 45.3. The highest BCUT2D eigenvalue weighted by atomic mass is 32.2. The molecule has 0 spiro atoms. The first kappa shape index (κ1) is 56.2. The van der Waals surface area contributed by atoms with E-state index in [2.05, 4.69) is 51.6 Å². The highest BCUT2D eigenvalue weighted by Crippen LogP contribution is 2.41. The van der Waals surface area contributed by atoms with E-state index in [4.69, 9.17) is 9.47 Å². The van der Waals surface area contributed by atoms with E-state index in [1.807, 2.05) is 92.7 Å². The Morgan fingerprint density at radius 1 is 0.987 bits per heavy atom. The summed E-state index contributed by atoms with van der Waals surface area (Å²) in [5.41, 5.74) is 9.13. The number of benzene rings is 3. The number of hydrazone groups is 1. The van der Waals surface area contributed by atoms with Crippen LogP contribution in [0.15, 0.2) is 89.5 Å². The topological polar surface area (TPSA) is 242 Å². The molecule has 3 aliphatic rings. The Bertz CT molecular complexity index is 2900. The second-order valence-corrected chi connectivity index (χ2v) is 22.4. The van der Waals surface area contributed by atoms with E-state index in [-0.39, 0.29) is 68.9 Å². The third kappa shape index (κ3) is 15.8. The van der Waals surface area contributed by atoms with Gasteiger partial charge in [0.15, 0.2) is 11.5 Å². The van der Waals surface area contributed by atoms with Gasteiger partial charge in [0.1, 0.15) is 17.9 Å². The van der Waals surface area contributed by atoms with Crippen LogP contribution in [-0.4, -0.2) is 141 Å². The second kappa shape index (κ2) is 25.9. The van der Waals surface area contributed by atoms with Crippen molar-refractivity contribution in [3.8, 4) is 16.5 Å². The van der Waals surface area contributed by atoms with Gasteiger partial charge in [-0.25, -0.2) is 9.37 Å². The smallest absolute Gasteiger partial charge is 0.320 e. The number of aliphatic hydroxyl groups is 1. The first-order chi connectivity index (χ1) is 37.0. The number of halogens is 1. The molecule has 8 rings (SSSR count). The SMILES string of the molecule is Cc1cccc(/C=N/Nc2cc(N3CCOCC3)nc(OCCc3ccc(NC(=O)CCCNC(=O)CSC(C)(C)[C@H](NC(=O)C4(F)CC4)C(=O)N4C[C@H](O)C[C@H]4C(=O)NCc4ccc(-c5scnc5C)cc4)cc3)n2)c1. The van der Waals surface area contributed by atoms with Crippen molar-refractivity contribution in [2.24, 2.45) is 5.10 Å². The summed E-state index contributed by atoms with van der Waals surface area (Å²) in [5, 5.41) is 26.3. The molecule has 1 aliphatic carbocycles. The zero-order valence-electron chi connectivity index (χ0n) is 43.7. The Hall–Kier alpha value is -7.01. The number of ether oxygens (including phenoxy) is 2. The maximum absolute atomic E-state index is 15.1. The van der Waals surface area contributed by atoms with Crippen molar-refractivity contribution in [3.63, 3.8) is 0 Å². The molecule has 5 amide bonds. The van der Waals surface area contributed by atoms with Crippen LogP contribution >= 0.6 is 23.1 Å². The van der Waals surface area contributed by atoms with Crippen molar-refractivity contribution in [2.45, 2.75) is 101 Å². The number of aromatic nitrogens is 3. The van der Waals surface area contributed by atoms with E-state index in [1.54, 1.807) is 36.9 Å². The number of thioether (sulfide) groups is 1. The molecule has 2 aromatic heterocycles. The van der Waals surface area contributed by atoms with Crippen molar-refractivity contribution >= 4 is 76.2 Å². The number of thiazole rings is 1. The molecule has 1 saturated carbocycles. The number of hydrogen-bond acceptors (Lipinski definition) is 16. The van der Waals surface area contributed by atoms with Crippen LogP contribution in [0.3, 0.4) is 0 Å². The van der Waals surface area contributed by atoms with Crippen LogP contribution in [0.4, 0.5) is 21.7 Å². The molecule has 408 valence electrons. The lowest BCUT2D eigenvalue weighted by atomic mass is 10.00. The Morgan fingerprint density at radius 2 is 1.74 bits per heavy atom. The molecular weight excluding hydrogens is 1030 g/mol. The molecule has 2 aliphatic heterocycles.